The third kappa shape index (κ3) is 2.76. The van der Waals surface area contributed by atoms with Crippen LogP contribution in [0, 0.1) is 0 Å². The Kier molecular flexibility index (Phi) is 4.55. The van der Waals surface area contributed by atoms with E-state index in [4.69, 9.17) is 15.2 Å². The van der Waals surface area contributed by atoms with Crippen molar-refractivity contribution in [3.63, 3.8) is 0 Å². The molecule has 0 amide bonds. The summed E-state index contributed by atoms with van der Waals surface area (Å²) in [7, 11) is 0. The number of ether oxygens (including phenoxy) is 2. The molecule has 0 spiro atoms. The average molecular weight is 344 g/mol. The molecular weight excluding hydrogens is 326 g/mol. The first-order chi connectivity index (χ1) is 9.43. The van der Waals surface area contributed by atoms with Gasteiger partial charge in [0.05, 0.1) is 13.2 Å². The number of hydrogen-bond donors (Lipinski definition) is 2. The second-order valence-electron chi connectivity index (χ2n) is 5.03. The molecule has 6 heteroatoms. The molecule has 110 valence electrons. The highest BCUT2D eigenvalue weighted by Gasteiger charge is 2.29. The average Bonchev–Trinajstić information content (AvgIpc) is 2.60. The van der Waals surface area contributed by atoms with Crippen LogP contribution in [0.5, 0.6) is 11.5 Å². The fourth-order valence-electron chi connectivity index (χ4n) is 2.33. The molecule has 1 aliphatic rings. The molecule has 1 atom stereocenters. The monoisotopic (exact) mass is 343 g/mol. The molecule has 0 saturated heterocycles. The van der Waals surface area contributed by atoms with Crippen molar-refractivity contribution in [2.24, 2.45) is 5.73 Å². The third-order valence-electron chi connectivity index (χ3n) is 3.22. The zero-order valence-electron chi connectivity index (χ0n) is 11.5. The molecule has 1 aromatic carbocycles. The predicted octanol–water partition coefficient (Wildman–Crippen LogP) is 2.82. The highest BCUT2D eigenvalue weighted by Crippen LogP contribution is 2.45. The molecule has 20 heavy (non-hydrogen) atoms. The number of fused-ring (bicyclic) bond motifs is 1. The molecule has 0 radical (unpaired) electrons. The number of benzene rings is 1. The van der Waals surface area contributed by atoms with E-state index in [9.17, 15) is 9.90 Å². The SMILES string of the molecule is CC(C)c1c2c(cc(Br)c1C(N)C(=O)O)OCCCO2. The maximum Gasteiger partial charge on any atom is 0.325 e. The van der Waals surface area contributed by atoms with Crippen molar-refractivity contribution in [1.29, 1.82) is 0 Å². The highest BCUT2D eigenvalue weighted by atomic mass is 79.9. The quantitative estimate of drug-likeness (QED) is 0.881. The Morgan fingerprint density at radius 3 is 2.60 bits per heavy atom. The maximum atomic E-state index is 11.2. The van der Waals surface area contributed by atoms with Crippen molar-refractivity contribution in [1.82, 2.24) is 0 Å². The fourth-order valence-corrected chi connectivity index (χ4v) is 2.99. The fraction of sp³-hybridized carbons (Fsp3) is 0.500. The van der Waals surface area contributed by atoms with Crippen LogP contribution in [-0.2, 0) is 4.79 Å². The molecule has 0 bridgehead atoms. The van der Waals surface area contributed by atoms with E-state index in [1.165, 1.54) is 0 Å². The van der Waals surface area contributed by atoms with Crippen LogP contribution in [0.25, 0.3) is 0 Å². The van der Waals surface area contributed by atoms with Crippen LogP contribution in [0.1, 0.15) is 43.4 Å². The standard InChI is InChI=1S/C14H18BrNO4/c1-7(2)10-11(12(16)14(17)18)8(15)6-9-13(10)20-5-3-4-19-9/h6-7,12H,3-5,16H2,1-2H3,(H,17,18). The van der Waals surface area contributed by atoms with Gasteiger partial charge in [-0.2, -0.15) is 0 Å². The molecular formula is C14H18BrNO4. The first-order valence-electron chi connectivity index (χ1n) is 6.53. The van der Waals surface area contributed by atoms with E-state index in [-0.39, 0.29) is 5.92 Å². The number of carboxylic acids is 1. The minimum atomic E-state index is -1.10. The third-order valence-corrected chi connectivity index (χ3v) is 3.88. The summed E-state index contributed by atoms with van der Waals surface area (Å²) in [6.45, 7) is 5.10. The van der Waals surface area contributed by atoms with Crippen LogP contribution >= 0.6 is 15.9 Å². The van der Waals surface area contributed by atoms with Gasteiger partial charge < -0.3 is 20.3 Å². The van der Waals surface area contributed by atoms with Gasteiger partial charge in [-0.15, -0.1) is 0 Å². The summed E-state index contributed by atoms with van der Waals surface area (Å²) in [5, 5.41) is 9.21. The lowest BCUT2D eigenvalue weighted by molar-refractivity contribution is -0.138. The van der Waals surface area contributed by atoms with Gasteiger partial charge in [-0.25, -0.2) is 0 Å². The Morgan fingerprint density at radius 2 is 2.00 bits per heavy atom. The lowest BCUT2D eigenvalue weighted by Gasteiger charge is -2.22. The summed E-state index contributed by atoms with van der Waals surface area (Å²) in [6, 6.07) is 0.643. The summed E-state index contributed by atoms with van der Waals surface area (Å²) in [5.74, 6) is 0.261. The number of carbonyl (C=O) groups is 1. The van der Waals surface area contributed by atoms with Crippen molar-refractivity contribution in [3.8, 4) is 11.5 Å². The number of rotatable bonds is 3. The molecule has 1 aromatic rings. The Bertz CT molecular complexity index is 530. The van der Waals surface area contributed by atoms with Crippen molar-refractivity contribution in [2.75, 3.05) is 13.2 Å². The molecule has 0 aromatic heterocycles. The first kappa shape index (κ1) is 15.1. The zero-order valence-corrected chi connectivity index (χ0v) is 13.1. The van der Waals surface area contributed by atoms with E-state index < -0.39 is 12.0 Å². The molecule has 0 fully saturated rings. The number of aliphatic carboxylic acids is 1. The molecule has 1 unspecified atom stereocenters. The summed E-state index contributed by atoms with van der Waals surface area (Å²) >= 11 is 3.41. The molecule has 3 N–H and O–H groups in total. The van der Waals surface area contributed by atoms with Gasteiger partial charge in [0.15, 0.2) is 11.5 Å². The van der Waals surface area contributed by atoms with E-state index in [1.807, 2.05) is 13.8 Å². The van der Waals surface area contributed by atoms with Crippen LogP contribution < -0.4 is 15.2 Å². The zero-order chi connectivity index (χ0) is 14.9. The minimum Gasteiger partial charge on any atom is -0.490 e. The predicted molar refractivity (Wildman–Crippen MR) is 78.4 cm³/mol. The van der Waals surface area contributed by atoms with Crippen molar-refractivity contribution in [3.05, 3.63) is 21.7 Å². The van der Waals surface area contributed by atoms with Crippen LogP contribution in [0.3, 0.4) is 0 Å². The smallest absolute Gasteiger partial charge is 0.325 e. The Morgan fingerprint density at radius 1 is 1.35 bits per heavy atom. The van der Waals surface area contributed by atoms with E-state index in [2.05, 4.69) is 15.9 Å². The van der Waals surface area contributed by atoms with Crippen molar-refractivity contribution >= 4 is 21.9 Å². The summed E-state index contributed by atoms with van der Waals surface area (Å²) in [4.78, 5) is 11.2. The molecule has 1 heterocycles. The first-order valence-corrected chi connectivity index (χ1v) is 7.33. The van der Waals surface area contributed by atoms with Crippen LogP contribution in [-0.4, -0.2) is 24.3 Å². The molecule has 1 aliphatic heterocycles. The molecule has 0 aliphatic carbocycles. The van der Waals surface area contributed by atoms with Gasteiger partial charge >= 0.3 is 5.97 Å². The Labute approximate surface area is 126 Å². The second-order valence-corrected chi connectivity index (χ2v) is 5.89. The summed E-state index contributed by atoms with van der Waals surface area (Å²) in [6.07, 6.45) is 0.796. The van der Waals surface area contributed by atoms with Crippen LogP contribution in [0.15, 0.2) is 10.5 Å². The van der Waals surface area contributed by atoms with Gasteiger partial charge in [0, 0.05) is 22.0 Å². The highest BCUT2D eigenvalue weighted by molar-refractivity contribution is 9.10. The van der Waals surface area contributed by atoms with Gasteiger partial charge in [-0.3, -0.25) is 4.79 Å². The summed E-state index contributed by atoms with van der Waals surface area (Å²) < 4.78 is 12.1. The number of hydrogen-bond acceptors (Lipinski definition) is 4. The molecule has 2 rings (SSSR count). The van der Waals surface area contributed by atoms with E-state index in [1.54, 1.807) is 6.07 Å². The van der Waals surface area contributed by atoms with Crippen LogP contribution in [0.2, 0.25) is 0 Å². The van der Waals surface area contributed by atoms with Gasteiger partial charge in [-0.1, -0.05) is 29.8 Å². The molecule has 5 nitrogen and oxygen atoms in total. The number of nitrogens with two attached hydrogens (primary N) is 1. The van der Waals surface area contributed by atoms with Gasteiger partial charge in [0.25, 0.3) is 0 Å². The largest absolute Gasteiger partial charge is 0.490 e. The maximum absolute atomic E-state index is 11.2. The lowest BCUT2D eigenvalue weighted by atomic mass is 9.91. The minimum absolute atomic E-state index is 0.0725. The normalized spacial score (nSPS) is 15.8. The van der Waals surface area contributed by atoms with E-state index in [0.717, 1.165) is 12.0 Å². The van der Waals surface area contributed by atoms with Gasteiger partial charge in [0.2, 0.25) is 0 Å². The second kappa shape index (κ2) is 6.01. The van der Waals surface area contributed by atoms with E-state index >= 15 is 0 Å². The lowest BCUT2D eigenvalue weighted by Crippen LogP contribution is -2.23. The van der Waals surface area contributed by atoms with Gasteiger partial charge in [-0.05, 0) is 12.0 Å². The van der Waals surface area contributed by atoms with Crippen LogP contribution in [0.4, 0.5) is 0 Å². The number of carboxylic acid groups (broad SMARTS) is 1. The van der Waals surface area contributed by atoms with E-state index in [0.29, 0.717) is 34.7 Å². The van der Waals surface area contributed by atoms with Gasteiger partial charge in [0.1, 0.15) is 6.04 Å². The summed E-state index contributed by atoms with van der Waals surface area (Å²) in [5.41, 5.74) is 7.17. The Balaban J connectivity index is 2.67. The van der Waals surface area contributed by atoms with Crippen molar-refractivity contribution in [2.45, 2.75) is 32.2 Å². The topological polar surface area (TPSA) is 81.8 Å². The number of halogens is 1. The Hall–Kier alpha value is -1.27. The molecule has 0 saturated carbocycles. The van der Waals surface area contributed by atoms with Crippen molar-refractivity contribution < 1.29 is 19.4 Å².